The maximum atomic E-state index is 4.66. The molecule has 0 aliphatic carbocycles. The van der Waals surface area contributed by atoms with Gasteiger partial charge in [0.2, 0.25) is 0 Å². The fourth-order valence-corrected chi connectivity index (χ4v) is 3.01. The highest BCUT2D eigenvalue weighted by Gasteiger charge is 2.05. The normalized spacial score (nSPS) is 10.9. The number of benzene rings is 2. The standard InChI is InChI=1S/C17H16N2S/c1-12-8-9-15-13(2)18-17(19-16(15)10-12)20-11-14-6-4-3-5-7-14/h3-10H,11H2,1-2H3. The Morgan fingerprint density at radius 2 is 1.75 bits per heavy atom. The van der Waals surface area contributed by atoms with Gasteiger partial charge in [0.15, 0.2) is 5.16 Å². The predicted octanol–water partition coefficient (Wildman–Crippen LogP) is 4.54. The summed E-state index contributed by atoms with van der Waals surface area (Å²) < 4.78 is 0. The number of aromatic nitrogens is 2. The van der Waals surface area contributed by atoms with Crippen molar-refractivity contribution in [2.45, 2.75) is 24.8 Å². The second-order valence-electron chi connectivity index (χ2n) is 4.89. The lowest BCUT2D eigenvalue weighted by atomic mass is 10.1. The zero-order valence-electron chi connectivity index (χ0n) is 11.6. The van der Waals surface area contributed by atoms with Crippen molar-refractivity contribution < 1.29 is 0 Å². The van der Waals surface area contributed by atoms with E-state index in [1.165, 1.54) is 11.1 Å². The molecule has 2 nitrogen and oxygen atoms in total. The Bertz CT molecular complexity index is 739. The second kappa shape index (κ2) is 5.63. The van der Waals surface area contributed by atoms with E-state index in [9.17, 15) is 0 Å². The van der Waals surface area contributed by atoms with E-state index in [4.69, 9.17) is 0 Å². The minimum absolute atomic E-state index is 0.851. The molecular weight excluding hydrogens is 264 g/mol. The fourth-order valence-electron chi connectivity index (χ4n) is 2.16. The third-order valence-electron chi connectivity index (χ3n) is 3.23. The number of hydrogen-bond acceptors (Lipinski definition) is 3. The van der Waals surface area contributed by atoms with E-state index < -0.39 is 0 Å². The van der Waals surface area contributed by atoms with Crippen molar-refractivity contribution in [1.82, 2.24) is 9.97 Å². The molecule has 20 heavy (non-hydrogen) atoms. The van der Waals surface area contributed by atoms with E-state index in [-0.39, 0.29) is 0 Å². The first-order valence-electron chi connectivity index (χ1n) is 6.64. The van der Waals surface area contributed by atoms with Crippen LogP contribution in [0.15, 0.2) is 53.7 Å². The van der Waals surface area contributed by atoms with Crippen molar-refractivity contribution in [1.29, 1.82) is 0 Å². The minimum Gasteiger partial charge on any atom is -0.227 e. The second-order valence-corrected chi connectivity index (χ2v) is 5.83. The van der Waals surface area contributed by atoms with Gasteiger partial charge in [0, 0.05) is 16.8 Å². The van der Waals surface area contributed by atoms with Gasteiger partial charge >= 0.3 is 0 Å². The average molecular weight is 280 g/mol. The Morgan fingerprint density at radius 3 is 2.55 bits per heavy atom. The van der Waals surface area contributed by atoms with Crippen LogP contribution < -0.4 is 0 Å². The van der Waals surface area contributed by atoms with Crippen molar-refractivity contribution in [2.24, 2.45) is 0 Å². The highest BCUT2D eigenvalue weighted by atomic mass is 32.2. The van der Waals surface area contributed by atoms with Crippen LogP contribution in [-0.4, -0.2) is 9.97 Å². The molecule has 0 fully saturated rings. The minimum atomic E-state index is 0.851. The van der Waals surface area contributed by atoms with E-state index in [1.807, 2.05) is 13.0 Å². The van der Waals surface area contributed by atoms with Gasteiger partial charge in [0.25, 0.3) is 0 Å². The summed E-state index contributed by atoms with van der Waals surface area (Å²) in [5, 5.41) is 1.99. The summed E-state index contributed by atoms with van der Waals surface area (Å²) in [5.41, 5.74) is 4.61. The van der Waals surface area contributed by atoms with Crippen molar-refractivity contribution in [3.63, 3.8) is 0 Å². The molecule has 3 rings (SSSR count). The van der Waals surface area contributed by atoms with Crippen LogP contribution in [0.2, 0.25) is 0 Å². The van der Waals surface area contributed by atoms with E-state index >= 15 is 0 Å². The summed E-state index contributed by atoms with van der Waals surface area (Å²) in [6, 6.07) is 16.7. The zero-order valence-corrected chi connectivity index (χ0v) is 12.4. The van der Waals surface area contributed by atoms with Crippen LogP contribution in [0.4, 0.5) is 0 Å². The molecule has 0 aliphatic rings. The summed E-state index contributed by atoms with van der Waals surface area (Å²) in [5.74, 6) is 0.900. The molecule has 2 aromatic carbocycles. The topological polar surface area (TPSA) is 25.8 Å². The highest BCUT2D eigenvalue weighted by molar-refractivity contribution is 7.98. The molecule has 0 spiro atoms. The Hall–Kier alpha value is -1.87. The molecule has 3 heteroatoms. The third kappa shape index (κ3) is 2.83. The van der Waals surface area contributed by atoms with Gasteiger partial charge in [-0.3, -0.25) is 0 Å². The molecule has 100 valence electrons. The first-order chi connectivity index (χ1) is 9.72. The number of rotatable bonds is 3. The first-order valence-corrected chi connectivity index (χ1v) is 7.63. The molecular formula is C17H16N2S. The van der Waals surface area contributed by atoms with Gasteiger partial charge in [-0.25, -0.2) is 9.97 Å². The van der Waals surface area contributed by atoms with Crippen LogP contribution >= 0.6 is 11.8 Å². The van der Waals surface area contributed by atoms with Crippen LogP contribution in [-0.2, 0) is 5.75 Å². The summed E-state index contributed by atoms with van der Waals surface area (Å²) in [6.45, 7) is 4.14. The lowest BCUT2D eigenvalue weighted by molar-refractivity contribution is 0.967. The Labute approximate surface area is 123 Å². The van der Waals surface area contributed by atoms with Gasteiger partial charge in [-0.05, 0) is 31.0 Å². The van der Waals surface area contributed by atoms with Gasteiger partial charge in [-0.2, -0.15) is 0 Å². The van der Waals surface area contributed by atoms with Gasteiger partial charge in [0.05, 0.1) is 5.52 Å². The molecule has 0 unspecified atom stereocenters. The number of thioether (sulfide) groups is 1. The van der Waals surface area contributed by atoms with E-state index in [1.54, 1.807) is 11.8 Å². The third-order valence-corrected chi connectivity index (χ3v) is 4.15. The molecule has 3 aromatic rings. The number of nitrogens with zero attached hydrogens (tertiary/aromatic N) is 2. The molecule has 0 amide bonds. The summed E-state index contributed by atoms with van der Waals surface area (Å²) >= 11 is 1.69. The predicted molar refractivity (Wildman–Crippen MR) is 85.0 cm³/mol. The van der Waals surface area contributed by atoms with Crippen molar-refractivity contribution in [2.75, 3.05) is 0 Å². The average Bonchev–Trinajstić information content (AvgIpc) is 2.46. The van der Waals surface area contributed by atoms with E-state index in [0.29, 0.717) is 0 Å². The van der Waals surface area contributed by atoms with Gasteiger partial charge in [0.1, 0.15) is 0 Å². The SMILES string of the molecule is Cc1ccc2c(C)nc(SCc3ccccc3)nc2c1. The maximum absolute atomic E-state index is 4.66. The Kier molecular flexibility index (Phi) is 3.70. The number of aryl methyl sites for hydroxylation is 2. The lowest BCUT2D eigenvalue weighted by Gasteiger charge is -2.06. The lowest BCUT2D eigenvalue weighted by Crippen LogP contribution is -1.93. The summed E-state index contributed by atoms with van der Waals surface area (Å²) in [7, 11) is 0. The van der Waals surface area contributed by atoms with E-state index in [0.717, 1.165) is 27.5 Å². The van der Waals surface area contributed by atoms with Crippen LogP contribution in [0.3, 0.4) is 0 Å². The number of fused-ring (bicyclic) bond motifs is 1. The molecule has 0 N–H and O–H groups in total. The molecule has 0 bridgehead atoms. The fraction of sp³-hybridized carbons (Fsp3) is 0.176. The maximum Gasteiger partial charge on any atom is 0.188 e. The molecule has 0 radical (unpaired) electrons. The van der Waals surface area contributed by atoms with Crippen molar-refractivity contribution in [3.05, 3.63) is 65.4 Å². The largest absolute Gasteiger partial charge is 0.227 e. The molecule has 0 saturated heterocycles. The van der Waals surface area contributed by atoms with Gasteiger partial charge < -0.3 is 0 Å². The molecule has 0 saturated carbocycles. The smallest absolute Gasteiger partial charge is 0.188 e. The van der Waals surface area contributed by atoms with Crippen LogP contribution in [0.5, 0.6) is 0 Å². The van der Waals surface area contributed by atoms with Crippen LogP contribution in [0, 0.1) is 13.8 Å². The number of hydrogen-bond donors (Lipinski definition) is 0. The van der Waals surface area contributed by atoms with Crippen molar-refractivity contribution >= 4 is 22.7 Å². The zero-order chi connectivity index (χ0) is 13.9. The molecule has 1 heterocycles. The van der Waals surface area contributed by atoms with Crippen LogP contribution in [0.25, 0.3) is 10.9 Å². The van der Waals surface area contributed by atoms with Crippen LogP contribution in [0.1, 0.15) is 16.8 Å². The highest BCUT2D eigenvalue weighted by Crippen LogP contribution is 2.23. The van der Waals surface area contributed by atoms with Gasteiger partial charge in [-0.15, -0.1) is 0 Å². The summed E-state index contributed by atoms with van der Waals surface area (Å²) in [4.78, 5) is 9.26. The first kappa shape index (κ1) is 13.1. The Morgan fingerprint density at radius 1 is 0.950 bits per heavy atom. The monoisotopic (exact) mass is 280 g/mol. The molecule has 0 aliphatic heterocycles. The summed E-state index contributed by atoms with van der Waals surface area (Å²) in [6.07, 6.45) is 0. The quantitative estimate of drug-likeness (QED) is 0.520. The van der Waals surface area contributed by atoms with E-state index in [2.05, 4.69) is 59.4 Å². The molecule has 1 aromatic heterocycles. The Balaban J connectivity index is 1.88. The van der Waals surface area contributed by atoms with Gasteiger partial charge in [-0.1, -0.05) is 54.2 Å². The van der Waals surface area contributed by atoms with Crippen molar-refractivity contribution in [3.8, 4) is 0 Å². The molecule has 0 atom stereocenters.